The van der Waals surface area contributed by atoms with Gasteiger partial charge in [0.05, 0.1) is 6.54 Å². The van der Waals surface area contributed by atoms with Crippen LogP contribution in [0.3, 0.4) is 0 Å². The van der Waals surface area contributed by atoms with E-state index in [1.165, 1.54) is 0 Å². The molecule has 0 fully saturated rings. The molecule has 0 unspecified atom stereocenters. The topological polar surface area (TPSA) is 55.1 Å². The van der Waals surface area contributed by atoms with Gasteiger partial charge in [0.15, 0.2) is 0 Å². The Kier molecular flexibility index (Phi) is 3.92. The third-order valence-corrected chi connectivity index (χ3v) is 2.06. The van der Waals surface area contributed by atoms with Crippen molar-refractivity contribution in [3.05, 3.63) is 34.3 Å². The van der Waals surface area contributed by atoms with Crippen LogP contribution in [0.15, 0.2) is 28.7 Å². The van der Waals surface area contributed by atoms with E-state index in [1.54, 1.807) is 0 Å². The Morgan fingerprint density at radius 1 is 1.54 bits per heavy atom. The Morgan fingerprint density at radius 3 is 2.92 bits per heavy atom. The number of benzene rings is 1. The monoisotopic (exact) mass is 242 g/mol. The highest BCUT2D eigenvalue weighted by Gasteiger charge is 1.97. The number of carbonyl (C=O) groups excluding carboxylic acids is 1. The van der Waals surface area contributed by atoms with E-state index in [2.05, 4.69) is 21.2 Å². The number of nitrogens with one attached hydrogen (secondary N) is 1. The molecule has 1 aromatic carbocycles. The second kappa shape index (κ2) is 4.99. The maximum absolute atomic E-state index is 10.8. The average Bonchev–Trinajstić information content (AvgIpc) is 2.14. The highest BCUT2D eigenvalue weighted by atomic mass is 79.9. The lowest BCUT2D eigenvalue weighted by Gasteiger charge is -2.03. The molecule has 70 valence electrons. The summed E-state index contributed by atoms with van der Waals surface area (Å²) in [5, 5.41) is 2.69. The van der Waals surface area contributed by atoms with E-state index < -0.39 is 0 Å². The molecule has 3 N–H and O–H groups in total. The first-order valence-electron chi connectivity index (χ1n) is 3.93. The van der Waals surface area contributed by atoms with E-state index in [4.69, 9.17) is 5.73 Å². The second-order valence-corrected chi connectivity index (χ2v) is 3.53. The van der Waals surface area contributed by atoms with E-state index in [0.717, 1.165) is 10.0 Å². The molecule has 0 bridgehead atoms. The molecule has 0 saturated heterocycles. The number of halogens is 1. The Labute approximate surface area is 85.4 Å². The van der Waals surface area contributed by atoms with Crippen LogP contribution in [-0.4, -0.2) is 12.5 Å². The molecule has 0 aliphatic heterocycles. The molecule has 0 aliphatic rings. The van der Waals surface area contributed by atoms with E-state index in [1.807, 2.05) is 24.3 Å². The largest absolute Gasteiger partial charge is 0.351 e. The average molecular weight is 243 g/mol. The zero-order chi connectivity index (χ0) is 9.68. The smallest absolute Gasteiger partial charge is 0.234 e. The van der Waals surface area contributed by atoms with Crippen molar-refractivity contribution in [2.45, 2.75) is 6.54 Å². The van der Waals surface area contributed by atoms with E-state index in [0.29, 0.717) is 6.54 Å². The van der Waals surface area contributed by atoms with Crippen LogP contribution in [0.2, 0.25) is 0 Å². The summed E-state index contributed by atoms with van der Waals surface area (Å²) in [6.07, 6.45) is 0. The molecule has 0 heterocycles. The first kappa shape index (κ1) is 10.2. The SMILES string of the molecule is NCC(=O)NCc1cccc(Br)c1. The van der Waals surface area contributed by atoms with Crippen LogP contribution < -0.4 is 11.1 Å². The van der Waals surface area contributed by atoms with Gasteiger partial charge in [-0.15, -0.1) is 0 Å². The van der Waals surface area contributed by atoms with Crippen LogP contribution in [-0.2, 0) is 11.3 Å². The Hall–Kier alpha value is -0.870. The number of hydrogen-bond donors (Lipinski definition) is 2. The molecule has 0 radical (unpaired) electrons. The summed E-state index contributed by atoms with van der Waals surface area (Å²) in [4.78, 5) is 10.8. The summed E-state index contributed by atoms with van der Waals surface area (Å²) in [5.41, 5.74) is 6.20. The zero-order valence-electron chi connectivity index (χ0n) is 7.09. The molecular weight excluding hydrogens is 232 g/mol. The first-order chi connectivity index (χ1) is 6.22. The normalized spacial score (nSPS) is 9.69. The predicted octanol–water partition coefficient (Wildman–Crippen LogP) is 1.02. The third-order valence-electron chi connectivity index (χ3n) is 1.56. The minimum absolute atomic E-state index is 0.0357. The minimum atomic E-state index is -0.139. The molecule has 0 atom stereocenters. The molecular formula is C9H11BrN2O. The maximum atomic E-state index is 10.8. The summed E-state index contributed by atoms with van der Waals surface area (Å²) in [6, 6.07) is 7.76. The number of nitrogens with two attached hydrogens (primary N) is 1. The fourth-order valence-electron chi connectivity index (χ4n) is 0.920. The van der Waals surface area contributed by atoms with E-state index >= 15 is 0 Å². The van der Waals surface area contributed by atoms with Crippen molar-refractivity contribution in [1.29, 1.82) is 0 Å². The van der Waals surface area contributed by atoms with Crippen molar-refractivity contribution in [3.8, 4) is 0 Å². The van der Waals surface area contributed by atoms with Crippen molar-refractivity contribution >= 4 is 21.8 Å². The molecule has 1 aromatic rings. The summed E-state index contributed by atoms with van der Waals surface area (Å²) >= 11 is 3.35. The molecule has 0 aromatic heterocycles. The molecule has 4 heteroatoms. The van der Waals surface area contributed by atoms with Crippen molar-refractivity contribution in [1.82, 2.24) is 5.32 Å². The van der Waals surface area contributed by atoms with Gasteiger partial charge in [0.25, 0.3) is 0 Å². The lowest BCUT2D eigenvalue weighted by Crippen LogP contribution is -2.29. The van der Waals surface area contributed by atoms with Gasteiger partial charge in [-0.3, -0.25) is 4.79 Å². The van der Waals surface area contributed by atoms with Gasteiger partial charge in [-0.2, -0.15) is 0 Å². The van der Waals surface area contributed by atoms with Crippen molar-refractivity contribution in [2.24, 2.45) is 5.73 Å². The Bertz CT molecular complexity index is 301. The van der Waals surface area contributed by atoms with Gasteiger partial charge < -0.3 is 11.1 Å². The van der Waals surface area contributed by atoms with Crippen LogP contribution in [0, 0.1) is 0 Å². The standard InChI is InChI=1S/C9H11BrN2O/c10-8-3-1-2-7(4-8)6-12-9(13)5-11/h1-4H,5-6,11H2,(H,12,13). The summed E-state index contributed by atoms with van der Waals surface area (Å²) in [7, 11) is 0. The van der Waals surface area contributed by atoms with Crippen molar-refractivity contribution in [2.75, 3.05) is 6.54 Å². The Morgan fingerprint density at radius 2 is 2.31 bits per heavy atom. The highest BCUT2D eigenvalue weighted by Crippen LogP contribution is 2.10. The molecule has 0 spiro atoms. The van der Waals surface area contributed by atoms with Crippen LogP contribution in [0.1, 0.15) is 5.56 Å². The van der Waals surface area contributed by atoms with Gasteiger partial charge in [-0.1, -0.05) is 28.1 Å². The van der Waals surface area contributed by atoms with Gasteiger partial charge in [0.1, 0.15) is 0 Å². The van der Waals surface area contributed by atoms with E-state index in [-0.39, 0.29) is 12.5 Å². The number of rotatable bonds is 3. The molecule has 1 amide bonds. The first-order valence-corrected chi connectivity index (χ1v) is 4.73. The summed E-state index contributed by atoms with van der Waals surface area (Å²) in [5.74, 6) is -0.139. The van der Waals surface area contributed by atoms with Gasteiger partial charge in [0, 0.05) is 11.0 Å². The number of hydrogen-bond acceptors (Lipinski definition) is 2. The number of amides is 1. The van der Waals surface area contributed by atoms with Gasteiger partial charge >= 0.3 is 0 Å². The second-order valence-electron chi connectivity index (χ2n) is 2.61. The summed E-state index contributed by atoms with van der Waals surface area (Å²) in [6.45, 7) is 0.559. The molecule has 0 saturated carbocycles. The van der Waals surface area contributed by atoms with Crippen LogP contribution >= 0.6 is 15.9 Å². The highest BCUT2D eigenvalue weighted by molar-refractivity contribution is 9.10. The fourth-order valence-corrected chi connectivity index (χ4v) is 1.37. The zero-order valence-corrected chi connectivity index (χ0v) is 8.67. The number of carbonyl (C=O) groups is 1. The van der Waals surface area contributed by atoms with Crippen molar-refractivity contribution < 1.29 is 4.79 Å². The lowest BCUT2D eigenvalue weighted by molar-refractivity contribution is -0.119. The van der Waals surface area contributed by atoms with Gasteiger partial charge in [0.2, 0.25) is 5.91 Å². The molecule has 1 rings (SSSR count). The van der Waals surface area contributed by atoms with Crippen LogP contribution in [0.5, 0.6) is 0 Å². The van der Waals surface area contributed by atoms with Crippen LogP contribution in [0.25, 0.3) is 0 Å². The Balaban J connectivity index is 2.50. The quantitative estimate of drug-likeness (QED) is 0.832. The molecule has 3 nitrogen and oxygen atoms in total. The van der Waals surface area contributed by atoms with Crippen molar-refractivity contribution in [3.63, 3.8) is 0 Å². The van der Waals surface area contributed by atoms with Gasteiger partial charge in [-0.05, 0) is 17.7 Å². The third kappa shape index (κ3) is 3.57. The predicted molar refractivity (Wildman–Crippen MR) is 55.0 cm³/mol. The maximum Gasteiger partial charge on any atom is 0.234 e. The molecule has 13 heavy (non-hydrogen) atoms. The molecule has 0 aliphatic carbocycles. The van der Waals surface area contributed by atoms with E-state index in [9.17, 15) is 4.79 Å². The van der Waals surface area contributed by atoms with Crippen LogP contribution in [0.4, 0.5) is 0 Å². The summed E-state index contributed by atoms with van der Waals surface area (Å²) < 4.78 is 1.01. The minimum Gasteiger partial charge on any atom is -0.351 e. The lowest BCUT2D eigenvalue weighted by atomic mass is 10.2. The fraction of sp³-hybridized carbons (Fsp3) is 0.222. The van der Waals surface area contributed by atoms with Gasteiger partial charge in [-0.25, -0.2) is 0 Å².